The second-order valence-corrected chi connectivity index (χ2v) is 4.68. The van der Waals surface area contributed by atoms with Crippen LogP contribution in [0.15, 0.2) is 41.5 Å². The van der Waals surface area contributed by atoms with Gasteiger partial charge in [-0.2, -0.15) is 0 Å². The van der Waals surface area contributed by atoms with E-state index in [1.54, 1.807) is 20.3 Å². The summed E-state index contributed by atoms with van der Waals surface area (Å²) in [4.78, 5) is 8.14. The van der Waals surface area contributed by atoms with Gasteiger partial charge in [0.1, 0.15) is 5.82 Å². The van der Waals surface area contributed by atoms with Crippen LogP contribution < -0.4 is 20.5 Å². The number of benzene rings is 1. The number of ether oxygens (including phenoxy) is 2. The molecular formula is C16H20FIN4O2. The van der Waals surface area contributed by atoms with Gasteiger partial charge < -0.3 is 20.5 Å². The Bertz CT molecular complexity index is 698. The van der Waals surface area contributed by atoms with Crippen molar-refractivity contribution >= 4 is 29.9 Å². The molecule has 0 aliphatic heterocycles. The van der Waals surface area contributed by atoms with Gasteiger partial charge in [-0.3, -0.25) is 4.98 Å². The smallest absolute Gasteiger partial charge is 0.189 e. The highest BCUT2D eigenvalue weighted by Crippen LogP contribution is 2.27. The summed E-state index contributed by atoms with van der Waals surface area (Å²) in [6.07, 6.45) is 1.52. The Hall–Kier alpha value is -2.10. The van der Waals surface area contributed by atoms with Crippen LogP contribution in [0.25, 0.3) is 0 Å². The first kappa shape index (κ1) is 19.9. The summed E-state index contributed by atoms with van der Waals surface area (Å²) in [5, 5.41) is 2.83. The first-order valence-electron chi connectivity index (χ1n) is 6.98. The third-order valence-corrected chi connectivity index (χ3v) is 3.15. The minimum atomic E-state index is -0.382. The van der Waals surface area contributed by atoms with Crippen LogP contribution in [0, 0.1) is 5.82 Å². The molecule has 8 heteroatoms. The van der Waals surface area contributed by atoms with E-state index in [1.807, 2.05) is 12.1 Å². The molecule has 130 valence electrons. The van der Waals surface area contributed by atoms with Crippen LogP contribution in [0.2, 0.25) is 0 Å². The summed E-state index contributed by atoms with van der Waals surface area (Å²) in [7, 11) is 3.15. The summed E-state index contributed by atoms with van der Waals surface area (Å²) < 4.78 is 23.8. The van der Waals surface area contributed by atoms with Gasteiger partial charge in [0, 0.05) is 6.20 Å². The minimum Gasteiger partial charge on any atom is -0.493 e. The van der Waals surface area contributed by atoms with Gasteiger partial charge in [0.25, 0.3) is 0 Å². The predicted molar refractivity (Wildman–Crippen MR) is 101 cm³/mol. The van der Waals surface area contributed by atoms with E-state index in [0.717, 1.165) is 5.56 Å². The minimum absolute atomic E-state index is 0. The Kier molecular flexibility index (Phi) is 8.24. The summed E-state index contributed by atoms with van der Waals surface area (Å²) in [6.45, 7) is 0.540. The average Bonchev–Trinajstić information content (AvgIpc) is 2.58. The highest BCUT2D eigenvalue weighted by Gasteiger charge is 2.05. The van der Waals surface area contributed by atoms with E-state index in [1.165, 1.54) is 18.3 Å². The van der Waals surface area contributed by atoms with E-state index < -0.39 is 0 Å². The zero-order chi connectivity index (χ0) is 16.7. The molecule has 24 heavy (non-hydrogen) atoms. The topological polar surface area (TPSA) is 81.8 Å². The fourth-order valence-electron chi connectivity index (χ4n) is 1.93. The van der Waals surface area contributed by atoms with Crippen LogP contribution in [-0.2, 0) is 13.1 Å². The van der Waals surface area contributed by atoms with E-state index >= 15 is 0 Å². The van der Waals surface area contributed by atoms with Gasteiger partial charge in [-0.15, -0.1) is 24.0 Å². The van der Waals surface area contributed by atoms with Crippen LogP contribution >= 0.6 is 24.0 Å². The van der Waals surface area contributed by atoms with Crippen LogP contribution in [0.3, 0.4) is 0 Å². The number of rotatable bonds is 6. The summed E-state index contributed by atoms with van der Waals surface area (Å²) >= 11 is 0. The standard InChI is InChI=1S/C16H19FN4O2.HI/c1-22-14-6-5-11(8-15(14)23-2)9-20-16(18)21-10-13-12(17)4-3-7-19-13;/h3-8H,9-10H2,1-2H3,(H3,18,20,21);1H. The Morgan fingerprint density at radius 3 is 2.67 bits per heavy atom. The Morgan fingerprint density at radius 2 is 2.00 bits per heavy atom. The lowest BCUT2D eigenvalue weighted by atomic mass is 10.2. The fourth-order valence-corrected chi connectivity index (χ4v) is 1.93. The molecule has 0 unspecified atom stereocenters. The molecule has 3 N–H and O–H groups in total. The monoisotopic (exact) mass is 446 g/mol. The van der Waals surface area contributed by atoms with E-state index in [-0.39, 0.29) is 48.0 Å². The molecule has 0 saturated heterocycles. The number of aromatic nitrogens is 1. The molecule has 1 aromatic carbocycles. The van der Waals surface area contributed by atoms with Crippen molar-refractivity contribution < 1.29 is 13.9 Å². The molecule has 2 aromatic rings. The largest absolute Gasteiger partial charge is 0.493 e. The number of hydrogen-bond acceptors (Lipinski definition) is 4. The van der Waals surface area contributed by atoms with Crippen LogP contribution in [0.4, 0.5) is 4.39 Å². The molecule has 0 aliphatic rings. The summed E-state index contributed by atoms with van der Waals surface area (Å²) in [5.41, 5.74) is 6.98. The fraction of sp³-hybridized carbons (Fsp3) is 0.250. The molecule has 1 heterocycles. The Balaban J connectivity index is 0.00000288. The zero-order valence-corrected chi connectivity index (χ0v) is 15.8. The molecule has 0 radical (unpaired) electrons. The molecule has 0 aliphatic carbocycles. The van der Waals surface area contributed by atoms with Crippen LogP contribution in [0.5, 0.6) is 11.5 Å². The zero-order valence-electron chi connectivity index (χ0n) is 13.5. The van der Waals surface area contributed by atoms with Gasteiger partial charge in [0.2, 0.25) is 0 Å². The Labute approximate surface area is 157 Å². The van der Waals surface area contributed by atoms with E-state index in [9.17, 15) is 4.39 Å². The van der Waals surface area contributed by atoms with E-state index in [2.05, 4.69) is 15.3 Å². The first-order valence-corrected chi connectivity index (χ1v) is 6.98. The number of guanidine groups is 1. The lowest BCUT2D eigenvalue weighted by molar-refractivity contribution is 0.354. The van der Waals surface area contributed by atoms with Gasteiger partial charge in [0.15, 0.2) is 17.5 Å². The molecule has 0 saturated carbocycles. The highest BCUT2D eigenvalue weighted by molar-refractivity contribution is 14.0. The van der Waals surface area contributed by atoms with Crippen molar-refractivity contribution in [3.63, 3.8) is 0 Å². The molecule has 1 aromatic heterocycles. The SMILES string of the molecule is COc1ccc(CN=C(N)NCc2ncccc2F)cc1OC.I. The highest BCUT2D eigenvalue weighted by atomic mass is 127. The molecule has 0 spiro atoms. The molecule has 0 fully saturated rings. The predicted octanol–water partition coefficient (Wildman–Crippen LogP) is 2.46. The molecule has 2 rings (SSSR count). The number of nitrogens with one attached hydrogen (secondary N) is 1. The van der Waals surface area contributed by atoms with Crippen molar-refractivity contribution in [3.05, 3.63) is 53.6 Å². The normalized spacial score (nSPS) is 10.7. The molecule has 6 nitrogen and oxygen atoms in total. The third kappa shape index (κ3) is 5.52. The van der Waals surface area contributed by atoms with Crippen LogP contribution in [0.1, 0.15) is 11.3 Å². The number of nitrogens with two attached hydrogens (primary N) is 1. The van der Waals surface area contributed by atoms with E-state index in [0.29, 0.717) is 18.0 Å². The third-order valence-electron chi connectivity index (χ3n) is 3.15. The molecule has 0 amide bonds. The van der Waals surface area contributed by atoms with Crippen molar-refractivity contribution in [3.8, 4) is 11.5 Å². The Morgan fingerprint density at radius 1 is 1.25 bits per heavy atom. The molecular weight excluding hydrogens is 426 g/mol. The lowest BCUT2D eigenvalue weighted by Gasteiger charge is -2.09. The van der Waals surface area contributed by atoms with Gasteiger partial charge in [0.05, 0.1) is 33.0 Å². The van der Waals surface area contributed by atoms with Crippen molar-refractivity contribution in [2.24, 2.45) is 10.7 Å². The number of halogens is 2. The number of methoxy groups -OCH3 is 2. The maximum absolute atomic E-state index is 13.4. The van der Waals surface area contributed by atoms with Gasteiger partial charge in [-0.05, 0) is 29.8 Å². The number of nitrogens with zero attached hydrogens (tertiary/aromatic N) is 2. The van der Waals surface area contributed by atoms with Gasteiger partial charge >= 0.3 is 0 Å². The van der Waals surface area contributed by atoms with Crippen molar-refractivity contribution in [1.82, 2.24) is 10.3 Å². The second-order valence-electron chi connectivity index (χ2n) is 4.68. The maximum Gasteiger partial charge on any atom is 0.189 e. The van der Waals surface area contributed by atoms with Crippen molar-refractivity contribution in [2.45, 2.75) is 13.1 Å². The number of pyridine rings is 1. The van der Waals surface area contributed by atoms with Crippen molar-refractivity contribution in [1.29, 1.82) is 0 Å². The maximum atomic E-state index is 13.4. The van der Waals surface area contributed by atoms with Gasteiger partial charge in [-0.25, -0.2) is 9.38 Å². The first-order chi connectivity index (χ1) is 11.1. The number of aliphatic imine (C=N–C) groups is 1. The van der Waals surface area contributed by atoms with E-state index in [4.69, 9.17) is 15.2 Å². The van der Waals surface area contributed by atoms with Crippen molar-refractivity contribution in [2.75, 3.05) is 14.2 Å². The summed E-state index contributed by atoms with van der Waals surface area (Å²) in [5.74, 6) is 1.11. The molecule has 0 atom stereocenters. The quantitative estimate of drug-likeness (QED) is 0.405. The second kappa shape index (κ2) is 9.91. The molecule has 0 bridgehead atoms. The number of hydrogen-bond donors (Lipinski definition) is 2. The van der Waals surface area contributed by atoms with Gasteiger partial charge in [-0.1, -0.05) is 6.07 Å². The lowest BCUT2D eigenvalue weighted by Crippen LogP contribution is -2.31. The summed E-state index contributed by atoms with van der Waals surface area (Å²) in [6, 6.07) is 8.38. The average molecular weight is 446 g/mol. The van der Waals surface area contributed by atoms with Crippen LogP contribution in [-0.4, -0.2) is 25.2 Å².